The molecule has 0 aromatic carbocycles. The van der Waals surface area contributed by atoms with Crippen molar-refractivity contribution in [2.24, 2.45) is 10.8 Å². The molecule has 18 heavy (non-hydrogen) atoms. The third-order valence-corrected chi connectivity index (χ3v) is 4.00. The average molecular weight is 279 g/mol. The first kappa shape index (κ1) is 15.2. The van der Waals surface area contributed by atoms with E-state index in [9.17, 15) is 8.42 Å². The van der Waals surface area contributed by atoms with Crippen molar-refractivity contribution in [1.29, 1.82) is 0 Å². The van der Waals surface area contributed by atoms with E-state index in [4.69, 9.17) is 10.6 Å². The predicted molar refractivity (Wildman–Crippen MR) is 69.5 cm³/mol. The number of ether oxygens (including phenoxy) is 1. The maximum absolute atomic E-state index is 11.4. The molecule has 0 aromatic heterocycles. The monoisotopic (exact) mass is 279 g/mol. The van der Waals surface area contributed by atoms with Gasteiger partial charge in [0.15, 0.2) is 0 Å². The summed E-state index contributed by atoms with van der Waals surface area (Å²) in [6.07, 6.45) is 1.22. The molecule has 0 unspecified atom stereocenters. The van der Waals surface area contributed by atoms with Crippen molar-refractivity contribution < 1.29 is 13.2 Å². The molecule has 0 aromatic rings. The molecule has 0 amide bonds. The molecular weight excluding hydrogens is 258 g/mol. The zero-order valence-electron chi connectivity index (χ0n) is 10.8. The van der Waals surface area contributed by atoms with E-state index < -0.39 is 10.0 Å². The van der Waals surface area contributed by atoms with Gasteiger partial charge in [-0.1, -0.05) is 0 Å². The SMILES string of the molecule is COCCN=C(NN)N1CCN(S(C)(=O)=O)CC1. The van der Waals surface area contributed by atoms with E-state index in [1.807, 2.05) is 4.90 Å². The number of hydrazine groups is 1. The highest BCUT2D eigenvalue weighted by Gasteiger charge is 2.24. The second-order valence-electron chi connectivity index (χ2n) is 3.99. The van der Waals surface area contributed by atoms with Crippen molar-refractivity contribution >= 4 is 16.0 Å². The zero-order valence-corrected chi connectivity index (χ0v) is 11.6. The highest BCUT2D eigenvalue weighted by molar-refractivity contribution is 7.88. The number of guanidine groups is 1. The van der Waals surface area contributed by atoms with Gasteiger partial charge in [-0.15, -0.1) is 0 Å². The summed E-state index contributed by atoms with van der Waals surface area (Å²) in [7, 11) is -1.50. The van der Waals surface area contributed by atoms with Gasteiger partial charge in [-0.05, 0) is 0 Å². The van der Waals surface area contributed by atoms with E-state index in [2.05, 4.69) is 10.4 Å². The summed E-state index contributed by atoms with van der Waals surface area (Å²) in [4.78, 5) is 6.18. The molecule has 0 saturated carbocycles. The number of piperazine rings is 1. The number of hydrogen-bond acceptors (Lipinski definition) is 5. The fourth-order valence-electron chi connectivity index (χ4n) is 1.71. The molecule has 9 heteroatoms. The number of methoxy groups -OCH3 is 1. The molecule has 1 heterocycles. The van der Waals surface area contributed by atoms with Gasteiger partial charge < -0.3 is 9.64 Å². The summed E-state index contributed by atoms with van der Waals surface area (Å²) in [6, 6.07) is 0. The minimum atomic E-state index is -3.11. The lowest BCUT2D eigenvalue weighted by Gasteiger charge is -2.34. The summed E-state index contributed by atoms with van der Waals surface area (Å²) in [5, 5.41) is 0. The van der Waals surface area contributed by atoms with Gasteiger partial charge in [-0.3, -0.25) is 5.43 Å². The molecule has 1 saturated heterocycles. The summed E-state index contributed by atoms with van der Waals surface area (Å²) in [5.41, 5.74) is 2.54. The Morgan fingerprint density at radius 1 is 1.39 bits per heavy atom. The van der Waals surface area contributed by atoms with E-state index in [0.717, 1.165) is 0 Å². The van der Waals surface area contributed by atoms with Gasteiger partial charge in [0.25, 0.3) is 0 Å². The first-order chi connectivity index (χ1) is 8.49. The molecule has 1 aliphatic rings. The Hall–Kier alpha value is -0.900. The Kier molecular flexibility index (Phi) is 5.79. The van der Waals surface area contributed by atoms with Crippen LogP contribution in [0.3, 0.4) is 0 Å². The minimum Gasteiger partial charge on any atom is -0.383 e. The number of rotatable bonds is 4. The zero-order chi connectivity index (χ0) is 13.6. The first-order valence-corrected chi connectivity index (χ1v) is 7.54. The number of nitrogens with one attached hydrogen (secondary N) is 1. The van der Waals surface area contributed by atoms with E-state index in [1.54, 1.807) is 7.11 Å². The van der Waals surface area contributed by atoms with Crippen LogP contribution in [0.25, 0.3) is 0 Å². The molecule has 1 aliphatic heterocycles. The maximum atomic E-state index is 11.4. The van der Waals surface area contributed by atoms with Crippen LogP contribution in [0, 0.1) is 0 Å². The maximum Gasteiger partial charge on any atom is 0.211 e. The van der Waals surface area contributed by atoms with Crippen molar-refractivity contribution in [2.75, 3.05) is 52.7 Å². The lowest BCUT2D eigenvalue weighted by atomic mass is 10.4. The molecule has 3 N–H and O–H groups in total. The average Bonchev–Trinajstić information content (AvgIpc) is 2.34. The van der Waals surface area contributed by atoms with Crippen molar-refractivity contribution in [3.05, 3.63) is 0 Å². The molecule has 106 valence electrons. The predicted octanol–water partition coefficient (Wildman–Crippen LogP) is -1.97. The number of sulfonamides is 1. The fraction of sp³-hybridized carbons (Fsp3) is 0.889. The highest BCUT2D eigenvalue weighted by Crippen LogP contribution is 2.05. The summed E-state index contributed by atoms with van der Waals surface area (Å²) >= 11 is 0. The van der Waals surface area contributed by atoms with E-state index >= 15 is 0 Å². The van der Waals surface area contributed by atoms with Gasteiger partial charge in [0, 0.05) is 33.3 Å². The van der Waals surface area contributed by atoms with Crippen LogP contribution in [0.15, 0.2) is 4.99 Å². The summed E-state index contributed by atoms with van der Waals surface area (Å²) < 4.78 is 29.1. The van der Waals surface area contributed by atoms with Crippen LogP contribution in [0.4, 0.5) is 0 Å². The van der Waals surface area contributed by atoms with Crippen molar-refractivity contribution in [1.82, 2.24) is 14.6 Å². The van der Waals surface area contributed by atoms with Crippen LogP contribution in [-0.2, 0) is 14.8 Å². The third-order valence-electron chi connectivity index (χ3n) is 2.69. The quantitative estimate of drug-likeness (QED) is 0.204. The topological polar surface area (TPSA) is 100 Å². The van der Waals surface area contributed by atoms with Crippen LogP contribution < -0.4 is 11.3 Å². The molecule has 0 bridgehead atoms. The molecule has 1 fully saturated rings. The van der Waals surface area contributed by atoms with Gasteiger partial charge >= 0.3 is 0 Å². The normalized spacial score (nSPS) is 19.1. The summed E-state index contributed by atoms with van der Waals surface area (Å²) in [5.74, 6) is 5.98. The van der Waals surface area contributed by atoms with Crippen molar-refractivity contribution in [3.8, 4) is 0 Å². The largest absolute Gasteiger partial charge is 0.383 e. The highest BCUT2D eigenvalue weighted by atomic mass is 32.2. The Morgan fingerprint density at radius 3 is 2.44 bits per heavy atom. The van der Waals surface area contributed by atoms with Crippen LogP contribution in [0.1, 0.15) is 0 Å². The van der Waals surface area contributed by atoms with E-state index in [1.165, 1.54) is 10.6 Å². The Bertz CT molecular complexity index is 376. The molecule has 0 spiro atoms. The second-order valence-corrected chi connectivity index (χ2v) is 5.97. The van der Waals surface area contributed by atoms with Gasteiger partial charge in [-0.25, -0.2) is 19.3 Å². The van der Waals surface area contributed by atoms with E-state index in [-0.39, 0.29) is 0 Å². The van der Waals surface area contributed by atoms with E-state index in [0.29, 0.717) is 45.3 Å². The van der Waals surface area contributed by atoms with Gasteiger partial charge in [0.05, 0.1) is 19.4 Å². The molecular formula is C9H21N5O3S. The molecule has 0 atom stereocenters. The standard InChI is InChI=1S/C9H21N5O3S/c1-17-8-3-11-9(12-10)13-4-6-14(7-5-13)18(2,15)16/h3-8,10H2,1-2H3,(H,11,12). The smallest absolute Gasteiger partial charge is 0.211 e. The third kappa shape index (κ3) is 4.41. The van der Waals surface area contributed by atoms with Crippen LogP contribution in [0.2, 0.25) is 0 Å². The first-order valence-electron chi connectivity index (χ1n) is 5.69. The van der Waals surface area contributed by atoms with Crippen LogP contribution in [0.5, 0.6) is 0 Å². The minimum absolute atomic E-state index is 0.448. The number of nitrogens with two attached hydrogens (primary N) is 1. The molecule has 8 nitrogen and oxygen atoms in total. The number of nitrogens with zero attached hydrogens (tertiary/aromatic N) is 3. The van der Waals surface area contributed by atoms with Crippen LogP contribution in [-0.4, -0.2) is 76.3 Å². The number of hydrogen-bond donors (Lipinski definition) is 2. The molecule has 0 aliphatic carbocycles. The van der Waals surface area contributed by atoms with Gasteiger partial charge in [0.1, 0.15) is 0 Å². The molecule has 1 rings (SSSR count). The fourth-order valence-corrected chi connectivity index (χ4v) is 2.54. The van der Waals surface area contributed by atoms with Crippen molar-refractivity contribution in [3.63, 3.8) is 0 Å². The molecule has 0 radical (unpaired) electrons. The van der Waals surface area contributed by atoms with Gasteiger partial charge in [-0.2, -0.15) is 4.31 Å². The Balaban J connectivity index is 2.52. The number of aliphatic imine (C=N–C) groups is 1. The Labute approximate surface area is 108 Å². The lowest BCUT2D eigenvalue weighted by molar-refractivity contribution is 0.206. The Morgan fingerprint density at radius 2 is 2.00 bits per heavy atom. The summed E-state index contributed by atoms with van der Waals surface area (Å²) in [6.45, 7) is 3.08. The van der Waals surface area contributed by atoms with Crippen LogP contribution >= 0.6 is 0 Å². The van der Waals surface area contributed by atoms with Crippen molar-refractivity contribution in [2.45, 2.75) is 0 Å². The lowest BCUT2D eigenvalue weighted by Crippen LogP contribution is -2.54. The van der Waals surface area contributed by atoms with Gasteiger partial charge in [0.2, 0.25) is 16.0 Å². The second kappa shape index (κ2) is 6.88.